The van der Waals surface area contributed by atoms with Crippen molar-refractivity contribution in [3.8, 4) is 0 Å². The zero-order valence-corrected chi connectivity index (χ0v) is 23.0. The minimum Gasteiger partial charge on any atom is -0.357 e. The zero-order chi connectivity index (χ0) is 21.8. The minimum atomic E-state index is 0. The van der Waals surface area contributed by atoms with Crippen molar-refractivity contribution in [1.29, 1.82) is 0 Å². The SMILES string of the molecule is CCNC(=NCC(C)(C)Cc1cccc(Cl)c1)NCCCCN1CCN(CC)CC1.I. The van der Waals surface area contributed by atoms with Gasteiger partial charge in [-0.15, -0.1) is 24.0 Å². The summed E-state index contributed by atoms with van der Waals surface area (Å²) >= 11 is 6.14. The topological polar surface area (TPSA) is 42.9 Å². The summed E-state index contributed by atoms with van der Waals surface area (Å²) in [5.74, 6) is 0.924. The van der Waals surface area contributed by atoms with E-state index in [0.29, 0.717) is 0 Å². The molecule has 1 aliphatic rings. The second-order valence-corrected chi connectivity index (χ2v) is 9.51. The van der Waals surface area contributed by atoms with Gasteiger partial charge in [-0.1, -0.05) is 44.5 Å². The first-order valence-corrected chi connectivity index (χ1v) is 12.0. The molecule has 0 aromatic heterocycles. The summed E-state index contributed by atoms with van der Waals surface area (Å²) in [5, 5.41) is 7.69. The van der Waals surface area contributed by atoms with E-state index in [1.54, 1.807) is 0 Å². The van der Waals surface area contributed by atoms with E-state index in [1.165, 1.54) is 57.7 Å². The molecule has 7 heteroatoms. The van der Waals surface area contributed by atoms with Crippen molar-refractivity contribution in [1.82, 2.24) is 20.4 Å². The molecule has 0 aliphatic carbocycles. The molecule has 1 fully saturated rings. The number of aliphatic imine (C=N–C) groups is 1. The maximum absolute atomic E-state index is 6.14. The van der Waals surface area contributed by atoms with Crippen molar-refractivity contribution in [2.24, 2.45) is 10.4 Å². The maximum Gasteiger partial charge on any atom is 0.191 e. The minimum absolute atomic E-state index is 0. The van der Waals surface area contributed by atoms with Crippen LogP contribution in [0.4, 0.5) is 0 Å². The van der Waals surface area contributed by atoms with Gasteiger partial charge in [-0.05, 0) is 62.4 Å². The Balaban J connectivity index is 0.00000480. The summed E-state index contributed by atoms with van der Waals surface area (Å²) in [6.07, 6.45) is 3.37. The van der Waals surface area contributed by atoms with E-state index < -0.39 is 0 Å². The fourth-order valence-electron chi connectivity index (χ4n) is 3.89. The van der Waals surface area contributed by atoms with Crippen molar-refractivity contribution in [2.75, 3.05) is 58.9 Å². The Kier molecular flexibility index (Phi) is 14.0. The molecule has 2 N–H and O–H groups in total. The van der Waals surface area contributed by atoms with Crippen LogP contribution in [-0.2, 0) is 6.42 Å². The first-order valence-electron chi connectivity index (χ1n) is 11.6. The Morgan fingerprint density at radius 3 is 2.42 bits per heavy atom. The number of guanidine groups is 1. The monoisotopic (exact) mass is 563 g/mol. The lowest BCUT2D eigenvalue weighted by atomic mass is 9.86. The van der Waals surface area contributed by atoms with Gasteiger partial charge in [0.2, 0.25) is 0 Å². The molecule has 178 valence electrons. The molecule has 0 bridgehead atoms. The second kappa shape index (κ2) is 15.3. The van der Waals surface area contributed by atoms with Crippen molar-refractivity contribution in [3.05, 3.63) is 34.9 Å². The lowest BCUT2D eigenvalue weighted by Crippen LogP contribution is -2.46. The number of likely N-dealkylation sites (N-methyl/N-ethyl adjacent to an activating group) is 1. The lowest BCUT2D eigenvalue weighted by Gasteiger charge is -2.34. The van der Waals surface area contributed by atoms with Gasteiger partial charge >= 0.3 is 0 Å². The van der Waals surface area contributed by atoms with Gasteiger partial charge in [-0.25, -0.2) is 0 Å². The molecule has 1 aromatic rings. The number of halogens is 2. The number of nitrogens with one attached hydrogen (secondary N) is 2. The normalized spacial score (nSPS) is 16.1. The van der Waals surface area contributed by atoms with E-state index in [2.05, 4.69) is 60.3 Å². The Hall–Kier alpha value is -0.570. The highest BCUT2D eigenvalue weighted by Gasteiger charge is 2.19. The molecule has 1 aliphatic heterocycles. The average molecular weight is 564 g/mol. The molecular formula is C24H43ClIN5. The van der Waals surface area contributed by atoms with Gasteiger partial charge in [-0.3, -0.25) is 4.99 Å². The molecule has 0 radical (unpaired) electrons. The quantitative estimate of drug-likeness (QED) is 0.180. The van der Waals surface area contributed by atoms with Gasteiger partial charge in [0.05, 0.1) is 0 Å². The van der Waals surface area contributed by atoms with Gasteiger partial charge in [0.25, 0.3) is 0 Å². The molecule has 5 nitrogen and oxygen atoms in total. The summed E-state index contributed by atoms with van der Waals surface area (Å²) < 4.78 is 0. The standard InChI is InChI=1S/C24H42ClN5.HI/c1-5-26-23(27-12-7-8-13-30-16-14-29(6-2)15-17-30)28-20-24(3,4)19-21-10-9-11-22(25)18-21;/h9-11,18H,5-8,12-17,19-20H2,1-4H3,(H2,26,27,28);1H. The van der Waals surface area contributed by atoms with Crippen molar-refractivity contribution >= 4 is 41.5 Å². The largest absolute Gasteiger partial charge is 0.357 e. The number of unbranched alkanes of at least 4 members (excludes halogenated alkanes) is 1. The summed E-state index contributed by atoms with van der Waals surface area (Å²) in [7, 11) is 0. The van der Waals surface area contributed by atoms with Crippen LogP contribution in [0, 0.1) is 5.41 Å². The van der Waals surface area contributed by atoms with E-state index in [1.807, 2.05) is 12.1 Å². The van der Waals surface area contributed by atoms with Gasteiger partial charge in [0.15, 0.2) is 5.96 Å². The van der Waals surface area contributed by atoms with Crippen LogP contribution in [0.5, 0.6) is 0 Å². The molecule has 1 heterocycles. The Morgan fingerprint density at radius 1 is 1.06 bits per heavy atom. The third kappa shape index (κ3) is 11.7. The summed E-state index contributed by atoms with van der Waals surface area (Å²) in [4.78, 5) is 9.99. The highest BCUT2D eigenvalue weighted by Crippen LogP contribution is 2.23. The fraction of sp³-hybridized carbons (Fsp3) is 0.708. The molecule has 0 unspecified atom stereocenters. The summed E-state index contributed by atoms with van der Waals surface area (Å²) in [5.41, 5.74) is 1.34. The molecule has 1 saturated heterocycles. The van der Waals surface area contributed by atoms with Gasteiger partial charge < -0.3 is 20.4 Å². The smallest absolute Gasteiger partial charge is 0.191 e. The van der Waals surface area contributed by atoms with Crippen LogP contribution in [0.1, 0.15) is 46.1 Å². The highest BCUT2D eigenvalue weighted by atomic mass is 127. The van der Waals surface area contributed by atoms with E-state index in [4.69, 9.17) is 16.6 Å². The highest BCUT2D eigenvalue weighted by molar-refractivity contribution is 14.0. The average Bonchev–Trinajstić information content (AvgIpc) is 2.72. The van der Waals surface area contributed by atoms with Crippen molar-refractivity contribution in [2.45, 2.75) is 47.0 Å². The van der Waals surface area contributed by atoms with Crippen LogP contribution in [-0.4, -0.2) is 74.7 Å². The molecule has 0 saturated carbocycles. The second-order valence-electron chi connectivity index (χ2n) is 9.08. The lowest BCUT2D eigenvalue weighted by molar-refractivity contribution is 0.136. The van der Waals surface area contributed by atoms with E-state index in [-0.39, 0.29) is 29.4 Å². The molecule has 2 rings (SSSR count). The molecule has 1 aromatic carbocycles. The summed E-state index contributed by atoms with van der Waals surface area (Å²) in [6.45, 7) is 18.8. The number of nitrogens with zero attached hydrogens (tertiary/aromatic N) is 3. The molecule has 0 spiro atoms. The van der Waals surface area contributed by atoms with Crippen molar-refractivity contribution in [3.63, 3.8) is 0 Å². The number of piperazine rings is 1. The van der Waals surface area contributed by atoms with Crippen LogP contribution < -0.4 is 10.6 Å². The molecule has 0 amide bonds. The van der Waals surface area contributed by atoms with Crippen LogP contribution in [0.15, 0.2) is 29.3 Å². The van der Waals surface area contributed by atoms with Crippen LogP contribution in [0.25, 0.3) is 0 Å². The zero-order valence-electron chi connectivity index (χ0n) is 19.9. The molecule has 0 atom stereocenters. The predicted molar refractivity (Wildman–Crippen MR) is 146 cm³/mol. The van der Waals surface area contributed by atoms with Crippen LogP contribution >= 0.6 is 35.6 Å². The van der Waals surface area contributed by atoms with E-state index in [0.717, 1.165) is 37.0 Å². The molecule has 31 heavy (non-hydrogen) atoms. The van der Waals surface area contributed by atoms with Gasteiger partial charge in [-0.2, -0.15) is 0 Å². The maximum atomic E-state index is 6.14. The predicted octanol–water partition coefficient (Wildman–Crippen LogP) is 4.50. The van der Waals surface area contributed by atoms with Crippen molar-refractivity contribution < 1.29 is 0 Å². The molecular weight excluding hydrogens is 521 g/mol. The van der Waals surface area contributed by atoms with Gasteiger partial charge in [0, 0.05) is 50.8 Å². The number of hydrogen-bond donors (Lipinski definition) is 2. The Morgan fingerprint density at radius 2 is 1.77 bits per heavy atom. The van der Waals surface area contributed by atoms with Gasteiger partial charge in [0.1, 0.15) is 0 Å². The Labute approximate surface area is 212 Å². The number of rotatable bonds is 11. The number of hydrogen-bond acceptors (Lipinski definition) is 3. The Bertz CT molecular complexity index is 645. The van der Waals surface area contributed by atoms with E-state index >= 15 is 0 Å². The fourth-order valence-corrected chi connectivity index (χ4v) is 4.10. The van der Waals surface area contributed by atoms with Crippen LogP contribution in [0.3, 0.4) is 0 Å². The third-order valence-electron chi connectivity index (χ3n) is 5.69. The third-order valence-corrected chi connectivity index (χ3v) is 5.92. The first kappa shape index (κ1) is 28.5. The number of benzene rings is 1. The summed E-state index contributed by atoms with van der Waals surface area (Å²) in [6, 6.07) is 8.14. The van der Waals surface area contributed by atoms with E-state index in [9.17, 15) is 0 Å². The first-order chi connectivity index (χ1) is 14.4. The van der Waals surface area contributed by atoms with Crippen LogP contribution in [0.2, 0.25) is 5.02 Å².